The molecule has 1 saturated carbocycles. The summed E-state index contributed by atoms with van der Waals surface area (Å²) in [6.45, 7) is 0. The van der Waals surface area contributed by atoms with E-state index in [1.165, 1.54) is 74.2 Å². The Bertz CT molecular complexity index is 2160. The predicted molar refractivity (Wildman–Crippen MR) is 193 cm³/mol. The van der Waals surface area contributed by atoms with Gasteiger partial charge in [0.25, 0.3) is 0 Å². The average molecular weight is 745 g/mol. The first-order chi connectivity index (χ1) is 22.0. The Hall–Kier alpha value is -3.94. The van der Waals surface area contributed by atoms with Gasteiger partial charge < -0.3 is 0 Å². The topological polar surface area (TPSA) is 0 Å². The summed E-state index contributed by atoms with van der Waals surface area (Å²) in [6.07, 6.45) is 14.2. The summed E-state index contributed by atoms with van der Waals surface area (Å²) in [5, 5.41) is 5.22. The van der Waals surface area contributed by atoms with Gasteiger partial charge in [0, 0.05) is 0 Å². The molecule has 0 nitrogen and oxygen atoms in total. The van der Waals surface area contributed by atoms with Gasteiger partial charge in [0.15, 0.2) is 0 Å². The van der Waals surface area contributed by atoms with Gasteiger partial charge in [-0.15, -0.1) is 0 Å². The van der Waals surface area contributed by atoms with Crippen LogP contribution in [-0.4, -0.2) is 3.26 Å². The zero-order chi connectivity index (χ0) is 30.2. The van der Waals surface area contributed by atoms with Crippen molar-refractivity contribution in [3.8, 4) is 22.3 Å². The Morgan fingerprint density at radius 3 is 1.40 bits per heavy atom. The SMILES string of the molecule is [CH3][Hf]([CH3])(=[C]1CCC1)([CH]1C=Cc2c(-c3ccc4ccccc4c3)cccc21)[CH]1C=Cc2c(-c3ccc4ccccc4c3)cccc21. The van der Waals surface area contributed by atoms with Crippen LogP contribution in [0.2, 0.25) is 9.36 Å². The van der Waals surface area contributed by atoms with Crippen molar-refractivity contribution in [3.05, 3.63) is 156 Å². The second kappa shape index (κ2) is 10.0. The summed E-state index contributed by atoms with van der Waals surface area (Å²) in [4.78, 5) is 0. The molecule has 0 N–H and O–H groups in total. The summed E-state index contributed by atoms with van der Waals surface area (Å²) in [7, 11) is 0. The van der Waals surface area contributed by atoms with Crippen molar-refractivity contribution >= 4 is 37.0 Å². The molecule has 0 spiro atoms. The molecule has 0 heterocycles. The van der Waals surface area contributed by atoms with Crippen LogP contribution < -0.4 is 0 Å². The molecule has 218 valence electrons. The van der Waals surface area contributed by atoms with Crippen molar-refractivity contribution in [2.45, 2.75) is 36.0 Å². The minimum atomic E-state index is -3.89. The third-order valence-corrected chi connectivity index (χ3v) is 39.1. The Morgan fingerprint density at radius 2 is 0.956 bits per heavy atom. The van der Waals surface area contributed by atoms with E-state index in [0.29, 0.717) is 7.35 Å². The van der Waals surface area contributed by atoms with E-state index >= 15 is 0 Å². The quantitative estimate of drug-likeness (QED) is 0.158. The molecule has 0 amide bonds. The summed E-state index contributed by atoms with van der Waals surface area (Å²) < 4.78 is 8.58. The molecule has 9 rings (SSSR count). The van der Waals surface area contributed by atoms with E-state index in [0.717, 1.165) is 0 Å². The van der Waals surface area contributed by atoms with Crippen molar-refractivity contribution in [3.63, 3.8) is 0 Å². The number of benzene rings is 6. The third kappa shape index (κ3) is 4.03. The minimum absolute atomic E-state index is 0.512. The molecule has 2 atom stereocenters. The van der Waals surface area contributed by atoms with E-state index in [4.69, 9.17) is 0 Å². The van der Waals surface area contributed by atoms with Gasteiger partial charge in [-0.1, -0.05) is 0 Å². The van der Waals surface area contributed by atoms with E-state index in [1.807, 2.05) is 3.26 Å². The molecular weight excluding hydrogens is 707 g/mol. The average Bonchev–Trinajstić information content (AvgIpc) is 3.70. The van der Waals surface area contributed by atoms with Gasteiger partial charge in [0.05, 0.1) is 0 Å². The number of hydrogen-bond acceptors (Lipinski definition) is 0. The second-order valence-corrected chi connectivity index (χ2v) is 40.2. The molecule has 45 heavy (non-hydrogen) atoms. The molecule has 3 aliphatic carbocycles. The normalized spacial score (nSPS) is 18.8. The summed E-state index contributed by atoms with van der Waals surface area (Å²) in [5.41, 5.74) is 11.4. The second-order valence-electron chi connectivity index (χ2n) is 14.5. The van der Waals surface area contributed by atoms with Crippen LogP contribution in [-0.2, 0) is 18.0 Å². The molecule has 0 bridgehead atoms. The van der Waals surface area contributed by atoms with Gasteiger partial charge in [-0.25, -0.2) is 0 Å². The van der Waals surface area contributed by atoms with Crippen molar-refractivity contribution in [1.29, 1.82) is 0 Å². The molecule has 6 aromatic carbocycles. The van der Waals surface area contributed by atoms with E-state index < -0.39 is 18.0 Å². The number of fused-ring (bicyclic) bond motifs is 4. The summed E-state index contributed by atoms with van der Waals surface area (Å²) >= 11 is -3.89. The van der Waals surface area contributed by atoms with Gasteiger partial charge >= 0.3 is 269 Å². The van der Waals surface area contributed by atoms with E-state index in [1.54, 1.807) is 11.1 Å². The van der Waals surface area contributed by atoms with Crippen LogP contribution in [0, 0.1) is 0 Å². The Balaban J connectivity index is 1.18. The molecule has 3 aliphatic rings. The van der Waals surface area contributed by atoms with Crippen LogP contribution in [0.25, 0.3) is 56.0 Å². The van der Waals surface area contributed by atoms with Crippen molar-refractivity contribution in [1.82, 2.24) is 0 Å². The van der Waals surface area contributed by atoms with Crippen LogP contribution in [0.1, 0.15) is 48.9 Å². The summed E-state index contributed by atoms with van der Waals surface area (Å²) in [6, 6.07) is 45.6. The van der Waals surface area contributed by atoms with Gasteiger partial charge in [-0.05, 0) is 0 Å². The molecule has 0 aromatic heterocycles. The van der Waals surface area contributed by atoms with Gasteiger partial charge in [0.1, 0.15) is 0 Å². The Morgan fingerprint density at radius 1 is 0.489 bits per heavy atom. The number of hydrogen-bond donors (Lipinski definition) is 0. The first kappa shape index (κ1) is 27.4. The van der Waals surface area contributed by atoms with Crippen LogP contribution in [0.5, 0.6) is 0 Å². The fourth-order valence-electron chi connectivity index (χ4n) is 9.21. The summed E-state index contributed by atoms with van der Waals surface area (Å²) in [5.74, 6) is 0. The van der Waals surface area contributed by atoms with E-state index in [-0.39, 0.29) is 0 Å². The molecule has 1 heteroatoms. The van der Waals surface area contributed by atoms with Crippen LogP contribution in [0.15, 0.2) is 133 Å². The van der Waals surface area contributed by atoms with Gasteiger partial charge in [-0.2, -0.15) is 0 Å². The van der Waals surface area contributed by atoms with Crippen LogP contribution in [0.4, 0.5) is 0 Å². The fourth-order valence-corrected chi connectivity index (χ4v) is 34.3. The van der Waals surface area contributed by atoms with Crippen molar-refractivity contribution in [2.75, 3.05) is 0 Å². The molecule has 0 saturated heterocycles. The molecule has 0 aliphatic heterocycles. The first-order valence-corrected chi connectivity index (χ1v) is 29.8. The molecule has 0 radical (unpaired) electrons. The van der Waals surface area contributed by atoms with E-state index in [9.17, 15) is 0 Å². The molecule has 6 aromatic rings. The zero-order valence-electron chi connectivity index (χ0n) is 26.1. The van der Waals surface area contributed by atoms with Gasteiger partial charge in [0.2, 0.25) is 0 Å². The molecule has 2 unspecified atom stereocenters. The van der Waals surface area contributed by atoms with Crippen molar-refractivity contribution in [2.24, 2.45) is 0 Å². The van der Waals surface area contributed by atoms with E-state index in [2.05, 4.69) is 155 Å². The maximum absolute atomic E-state index is 3.89. The number of allylic oxidation sites excluding steroid dienone is 2. The Kier molecular flexibility index (Phi) is 6.10. The third-order valence-electron chi connectivity index (χ3n) is 12.0. The Labute approximate surface area is 267 Å². The molecular formula is C44H38Hf. The first-order valence-electron chi connectivity index (χ1n) is 16.6. The zero-order valence-corrected chi connectivity index (χ0v) is 29.7. The monoisotopic (exact) mass is 746 g/mol. The maximum atomic E-state index is 2.81. The standard InChI is InChI=1S/2C19H13.C4H6.2CH3.Hf/c2*1-2-6-16-13-17(12-11-14(16)5-1)19-10-4-8-15-7-3-9-18(15)19;1-2-4-3-1;;;/h2*1-13H;1-3H2;2*1H3;. The fraction of sp³-hybridized carbons (Fsp3) is 0.159. The molecule has 1 fully saturated rings. The van der Waals surface area contributed by atoms with Crippen LogP contribution >= 0.6 is 0 Å². The van der Waals surface area contributed by atoms with Crippen molar-refractivity contribution < 1.29 is 18.0 Å². The van der Waals surface area contributed by atoms with Gasteiger partial charge in [-0.3, -0.25) is 0 Å². The predicted octanol–water partition coefficient (Wildman–Crippen LogP) is 12.3. The number of rotatable bonds is 4. The van der Waals surface area contributed by atoms with Crippen LogP contribution in [0.3, 0.4) is 0 Å².